The molecule has 0 amide bonds. The van der Waals surface area contributed by atoms with Crippen molar-refractivity contribution >= 4 is 39.3 Å². The number of benzene rings is 1. The number of anilines is 1. The first-order valence-corrected chi connectivity index (χ1v) is 7.63. The maximum atomic E-state index is 4.56. The highest BCUT2D eigenvalue weighted by molar-refractivity contribution is 7.99. The molecule has 0 radical (unpaired) electrons. The number of thiophene rings is 1. The fourth-order valence-corrected chi connectivity index (χ4v) is 3.66. The zero-order valence-corrected chi connectivity index (χ0v) is 12.3. The van der Waals surface area contributed by atoms with Gasteiger partial charge in [0.25, 0.3) is 0 Å². The summed E-state index contributed by atoms with van der Waals surface area (Å²) in [7, 11) is 1.84. The van der Waals surface area contributed by atoms with Gasteiger partial charge in [-0.3, -0.25) is 0 Å². The van der Waals surface area contributed by atoms with Crippen LogP contribution < -0.4 is 5.32 Å². The van der Waals surface area contributed by atoms with Crippen LogP contribution in [0, 0.1) is 6.92 Å². The zero-order chi connectivity index (χ0) is 13.2. The molecule has 3 rings (SSSR count). The minimum Gasteiger partial charge on any atom is -0.357 e. The molecule has 0 saturated heterocycles. The molecule has 3 nitrogen and oxygen atoms in total. The van der Waals surface area contributed by atoms with E-state index in [4.69, 9.17) is 0 Å². The Morgan fingerprint density at radius 2 is 2.11 bits per heavy atom. The van der Waals surface area contributed by atoms with Gasteiger partial charge in [0.15, 0.2) is 0 Å². The smallest absolute Gasteiger partial charge is 0.224 e. The van der Waals surface area contributed by atoms with Gasteiger partial charge in [-0.2, -0.15) is 0 Å². The van der Waals surface area contributed by atoms with Gasteiger partial charge in [0, 0.05) is 17.3 Å². The first-order valence-electron chi connectivity index (χ1n) is 5.94. The normalized spacial score (nSPS) is 10.8. The lowest BCUT2D eigenvalue weighted by molar-refractivity contribution is 1.10. The van der Waals surface area contributed by atoms with Gasteiger partial charge in [0.2, 0.25) is 5.95 Å². The Morgan fingerprint density at radius 1 is 1.21 bits per heavy atom. The maximum Gasteiger partial charge on any atom is 0.224 e. The second-order valence-corrected chi connectivity index (χ2v) is 6.12. The fraction of sp³-hybridized carbons (Fsp3) is 0.143. The van der Waals surface area contributed by atoms with Crippen molar-refractivity contribution in [1.29, 1.82) is 0 Å². The largest absolute Gasteiger partial charge is 0.357 e. The van der Waals surface area contributed by atoms with Crippen LogP contribution in [0.3, 0.4) is 0 Å². The first kappa shape index (κ1) is 12.4. The second kappa shape index (κ2) is 5.19. The van der Waals surface area contributed by atoms with Crippen molar-refractivity contribution in [3.63, 3.8) is 0 Å². The van der Waals surface area contributed by atoms with Gasteiger partial charge in [-0.15, -0.1) is 11.3 Å². The quantitative estimate of drug-likeness (QED) is 0.733. The molecule has 1 aromatic carbocycles. The van der Waals surface area contributed by atoms with Crippen LogP contribution in [0.2, 0.25) is 0 Å². The summed E-state index contributed by atoms with van der Waals surface area (Å²) in [5.41, 5.74) is 1.26. The van der Waals surface area contributed by atoms with Crippen molar-refractivity contribution < 1.29 is 0 Å². The van der Waals surface area contributed by atoms with Crippen molar-refractivity contribution in [2.45, 2.75) is 16.8 Å². The highest BCUT2D eigenvalue weighted by Gasteiger charge is 2.09. The highest BCUT2D eigenvalue weighted by atomic mass is 32.2. The molecule has 3 aromatic rings. The van der Waals surface area contributed by atoms with Crippen LogP contribution in [0.5, 0.6) is 0 Å². The molecule has 96 valence electrons. The number of rotatable bonds is 3. The molecule has 2 aromatic heterocycles. The molecule has 19 heavy (non-hydrogen) atoms. The summed E-state index contributed by atoms with van der Waals surface area (Å²) in [6.45, 7) is 2.10. The predicted octanol–water partition coefficient (Wildman–Crippen LogP) is 4.19. The summed E-state index contributed by atoms with van der Waals surface area (Å²) in [5.74, 6) is 0.671. The Balaban J connectivity index is 2.06. The van der Waals surface area contributed by atoms with Gasteiger partial charge in [-0.05, 0) is 30.5 Å². The van der Waals surface area contributed by atoms with E-state index in [1.165, 1.54) is 10.5 Å². The van der Waals surface area contributed by atoms with E-state index in [1.54, 1.807) is 23.1 Å². The molecule has 0 aliphatic carbocycles. The molecule has 2 heterocycles. The van der Waals surface area contributed by atoms with Crippen LogP contribution in [0.1, 0.15) is 5.56 Å². The molecule has 0 aliphatic rings. The van der Waals surface area contributed by atoms with Crippen molar-refractivity contribution in [2.24, 2.45) is 0 Å². The van der Waals surface area contributed by atoms with Gasteiger partial charge < -0.3 is 5.32 Å². The standard InChI is InChI=1S/C14H13N3S2/c1-9-4-3-5-10(8-9)19-13-11-6-7-18-12(11)16-14(15-2)17-13/h3-8H,1-2H3,(H,15,16,17). The third kappa shape index (κ3) is 2.57. The van der Waals surface area contributed by atoms with E-state index in [0.29, 0.717) is 5.95 Å². The molecular weight excluding hydrogens is 274 g/mol. The Morgan fingerprint density at radius 3 is 2.89 bits per heavy atom. The average molecular weight is 287 g/mol. The third-order valence-electron chi connectivity index (χ3n) is 2.72. The van der Waals surface area contributed by atoms with Gasteiger partial charge in [0.1, 0.15) is 9.86 Å². The molecule has 0 spiro atoms. The summed E-state index contributed by atoms with van der Waals surface area (Å²) >= 11 is 3.32. The summed E-state index contributed by atoms with van der Waals surface area (Å²) in [5, 5.41) is 7.19. The molecule has 0 unspecified atom stereocenters. The average Bonchev–Trinajstić information content (AvgIpc) is 2.87. The molecule has 0 atom stereocenters. The molecule has 0 saturated carbocycles. The van der Waals surface area contributed by atoms with E-state index < -0.39 is 0 Å². The van der Waals surface area contributed by atoms with Crippen LogP contribution >= 0.6 is 23.1 Å². The SMILES string of the molecule is CNc1nc(Sc2cccc(C)c2)c2ccsc2n1. The van der Waals surface area contributed by atoms with Crippen LogP contribution in [-0.4, -0.2) is 17.0 Å². The first-order chi connectivity index (χ1) is 9.26. The van der Waals surface area contributed by atoms with Crippen molar-refractivity contribution in [3.05, 3.63) is 41.3 Å². The van der Waals surface area contributed by atoms with Crippen LogP contribution in [0.25, 0.3) is 10.2 Å². The van der Waals surface area contributed by atoms with Crippen molar-refractivity contribution in [2.75, 3.05) is 12.4 Å². The number of hydrogen-bond acceptors (Lipinski definition) is 5. The lowest BCUT2D eigenvalue weighted by Crippen LogP contribution is -1.96. The highest BCUT2D eigenvalue weighted by Crippen LogP contribution is 2.34. The second-order valence-electron chi connectivity index (χ2n) is 4.16. The van der Waals surface area contributed by atoms with E-state index in [-0.39, 0.29) is 0 Å². The molecule has 0 bridgehead atoms. The maximum absolute atomic E-state index is 4.56. The summed E-state index contributed by atoms with van der Waals surface area (Å²) in [6, 6.07) is 10.5. The molecule has 1 N–H and O–H groups in total. The lowest BCUT2D eigenvalue weighted by atomic mass is 10.2. The van der Waals surface area contributed by atoms with Gasteiger partial charge in [-0.1, -0.05) is 29.5 Å². The van der Waals surface area contributed by atoms with E-state index in [9.17, 15) is 0 Å². The summed E-state index contributed by atoms with van der Waals surface area (Å²) in [4.78, 5) is 11.2. The monoisotopic (exact) mass is 287 g/mol. The van der Waals surface area contributed by atoms with Crippen LogP contribution in [-0.2, 0) is 0 Å². The number of nitrogens with zero attached hydrogens (tertiary/aromatic N) is 2. The summed E-state index contributed by atoms with van der Waals surface area (Å²) in [6.07, 6.45) is 0. The van der Waals surface area contributed by atoms with Crippen LogP contribution in [0.15, 0.2) is 45.6 Å². The van der Waals surface area contributed by atoms with E-state index in [2.05, 4.69) is 57.9 Å². The molecule has 5 heteroatoms. The van der Waals surface area contributed by atoms with E-state index in [1.807, 2.05) is 7.05 Å². The van der Waals surface area contributed by atoms with Crippen LogP contribution in [0.4, 0.5) is 5.95 Å². The molecule has 0 aliphatic heterocycles. The van der Waals surface area contributed by atoms with Crippen molar-refractivity contribution in [3.8, 4) is 0 Å². The zero-order valence-electron chi connectivity index (χ0n) is 10.7. The minimum atomic E-state index is 0.671. The van der Waals surface area contributed by atoms with E-state index >= 15 is 0 Å². The summed E-state index contributed by atoms with van der Waals surface area (Å²) < 4.78 is 0. The van der Waals surface area contributed by atoms with Gasteiger partial charge in [0.05, 0.1) is 0 Å². The number of hydrogen-bond donors (Lipinski definition) is 1. The number of aromatic nitrogens is 2. The number of fused-ring (bicyclic) bond motifs is 1. The van der Waals surface area contributed by atoms with Crippen molar-refractivity contribution in [1.82, 2.24) is 9.97 Å². The van der Waals surface area contributed by atoms with E-state index in [0.717, 1.165) is 15.2 Å². The molecule has 0 fully saturated rings. The molecular formula is C14H13N3S2. The number of nitrogens with one attached hydrogen (secondary N) is 1. The predicted molar refractivity (Wildman–Crippen MR) is 82.3 cm³/mol. The Bertz CT molecular complexity index is 722. The van der Waals surface area contributed by atoms with Gasteiger partial charge >= 0.3 is 0 Å². The third-order valence-corrected chi connectivity index (χ3v) is 4.52. The minimum absolute atomic E-state index is 0.671. The van der Waals surface area contributed by atoms with Gasteiger partial charge in [-0.25, -0.2) is 9.97 Å². The fourth-order valence-electron chi connectivity index (χ4n) is 1.81. The Hall–Kier alpha value is -1.59. The Labute approximate surface area is 120 Å². The number of aryl methyl sites for hydroxylation is 1. The lowest BCUT2D eigenvalue weighted by Gasteiger charge is -2.05. The Kier molecular flexibility index (Phi) is 3.40. The topological polar surface area (TPSA) is 37.8 Å².